The molecule has 3 rings (SSSR count). The number of esters is 1. The molecule has 8 nitrogen and oxygen atoms in total. The van der Waals surface area contributed by atoms with Crippen molar-refractivity contribution >= 4 is 40.1 Å². The minimum Gasteiger partial charge on any atom is -0.495 e. The summed E-state index contributed by atoms with van der Waals surface area (Å²) < 4.78 is 10.00. The Hall–Kier alpha value is -3.39. The number of nitrogens with one attached hydrogen (secondary N) is 2. The normalized spacial score (nSPS) is 10.6. The standard InChI is InChI=1S/C20H18ClN3O5/c1-28-16-7-6-12(10-14(16)21)22-18(25)11-29-19(26)9-8-17-23-15-5-3-2-4-13(15)20(27)24-17/h2-7,10H,8-9,11H2,1H3,(H,22,25)(H,23,24,27). The lowest BCUT2D eigenvalue weighted by molar-refractivity contribution is -0.147. The van der Waals surface area contributed by atoms with Gasteiger partial charge in [-0.25, -0.2) is 4.98 Å². The Morgan fingerprint density at radius 1 is 1.21 bits per heavy atom. The van der Waals surface area contributed by atoms with E-state index in [4.69, 9.17) is 21.1 Å². The van der Waals surface area contributed by atoms with E-state index in [-0.39, 0.29) is 18.4 Å². The van der Waals surface area contributed by atoms with Gasteiger partial charge in [-0.15, -0.1) is 0 Å². The summed E-state index contributed by atoms with van der Waals surface area (Å²) in [5, 5.41) is 3.40. The average molecular weight is 416 g/mol. The molecule has 0 saturated heterocycles. The van der Waals surface area contributed by atoms with Gasteiger partial charge in [-0.3, -0.25) is 14.4 Å². The highest BCUT2D eigenvalue weighted by Gasteiger charge is 2.11. The molecule has 2 aromatic carbocycles. The monoisotopic (exact) mass is 415 g/mol. The van der Waals surface area contributed by atoms with Gasteiger partial charge in [-0.05, 0) is 30.3 Å². The number of amides is 1. The molecule has 0 aliphatic rings. The number of hydrogen-bond acceptors (Lipinski definition) is 6. The summed E-state index contributed by atoms with van der Waals surface area (Å²) >= 11 is 5.99. The van der Waals surface area contributed by atoms with Crippen molar-refractivity contribution < 1.29 is 19.1 Å². The highest BCUT2D eigenvalue weighted by molar-refractivity contribution is 6.32. The summed E-state index contributed by atoms with van der Waals surface area (Å²) in [6.07, 6.45) is 0.164. The van der Waals surface area contributed by atoms with Gasteiger partial charge in [0.1, 0.15) is 11.6 Å². The van der Waals surface area contributed by atoms with Crippen LogP contribution >= 0.6 is 11.6 Å². The molecule has 2 N–H and O–H groups in total. The van der Waals surface area contributed by atoms with Gasteiger partial charge in [0.25, 0.3) is 11.5 Å². The number of halogens is 1. The van der Waals surface area contributed by atoms with Crippen molar-refractivity contribution in [2.75, 3.05) is 19.0 Å². The van der Waals surface area contributed by atoms with E-state index in [0.29, 0.717) is 33.2 Å². The van der Waals surface area contributed by atoms with Crippen LogP contribution in [0.3, 0.4) is 0 Å². The van der Waals surface area contributed by atoms with E-state index >= 15 is 0 Å². The zero-order valence-electron chi connectivity index (χ0n) is 15.5. The zero-order valence-corrected chi connectivity index (χ0v) is 16.3. The molecule has 0 bridgehead atoms. The number of aryl methyl sites for hydroxylation is 1. The third-order valence-corrected chi connectivity index (χ3v) is 4.32. The van der Waals surface area contributed by atoms with Crippen LogP contribution in [-0.2, 0) is 20.7 Å². The minimum atomic E-state index is -0.580. The number of methoxy groups -OCH3 is 1. The van der Waals surface area contributed by atoms with E-state index in [2.05, 4.69) is 15.3 Å². The number of para-hydroxylation sites is 1. The van der Waals surface area contributed by atoms with Gasteiger partial charge < -0.3 is 19.8 Å². The Balaban J connectivity index is 1.49. The van der Waals surface area contributed by atoms with Crippen LogP contribution < -0.4 is 15.6 Å². The maximum Gasteiger partial charge on any atom is 0.306 e. The molecule has 0 fully saturated rings. The predicted molar refractivity (Wildman–Crippen MR) is 108 cm³/mol. The summed E-state index contributed by atoms with van der Waals surface area (Å²) in [4.78, 5) is 42.8. The number of benzene rings is 2. The maximum absolute atomic E-state index is 12.0. The van der Waals surface area contributed by atoms with Gasteiger partial charge in [0.05, 0.1) is 29.5 Å². The molecule has 29 heavy (non-hydrogen) atoms. The number of anilines is 1. The first-order valence-corrected chi connectivity index (χ1v) is 9.11. The number of aromatic amines is 1. The number of hydrogen-bond donors (Lipinski definition) is 2. The van der Waals surface area contributed by atoms with Crippen LogP contribution in [0.15, 0.2) is 47.3 Å². The largest absolute Gasteiger partial charge is 0.495 e. The molecule has 1 amide bonds. The van der Waals surface area contributed by atoms with Crippen molar-refractivity contribution in [3.63, 3.8) is 0 Å². The summed E-state index contributed by atoms with van der Waals surface area (Å²) in [6, 6.07) is 11.7. The number of carbonyl (C=O) groups is 2. The Morgan fingerprint density at radius 2 is 2.00 bits per heavy atom. The van der Waals surface area contributed by atoms with E-state index in [0.717, 1.165) is 0 Å². The summed E-state index contributed by atoms with van der Waals surface area (Å²) in [5.74, 6) is -0.222. The van der Waals surface area contributed by atoms with E-state index in [1.54, 1.807) is 36.4 Å². The van der Waals surface area contributed by atoms with E-state index < -0.39 is 18.5 Å². The summed E-state index contributed by atoms with van der Waals surface area (Å²) in [5.41, 5.74) is 0.739. The van der Waals surface area contributed by atoms with E-state index in [9.17, 15) is 14.4 Å². The van der Waals surface area contributed by atoms with Crippen LogP contribution in [0, 0.1) is 0 Å². The molecule has 1 heterocycles. The van der Waals surface area contributed by atoms with Gasteiger partial charge in [0, 0.05) is 12.1 Å². The SMILES string of the molecule is COc1ccc(NC(=O)COC(=O)CCc2nc3ccccc3c(=O)[nH]2)cc1Cl. The van der Waals surface area contributed by atoms with Crippen LogP contribution in [0.5, 0.6) is 5.75 Å². The summed E-state index contributed by atoms with van der Waals surface area (Å²) in [6.45, 7) is -0.440. The van der Waals surface area contributed by atoms with Crippen LogP contribution in [0.1, 0.15) is 12.2 Å². The molecule has 9 heteroatoms. The molecule has 1 aromatic heterocycles. The van der Waals surface area contributed by atoms with Gasteiger partial charge >= 0.3 is 5.97 Å². The van der Waals surface area contributed by atoms with Gasteiger partial charge in [0.2, 0.25) is 0 Å². The third kappa shape index (κ3) is 5.32. The quantitative estimate of drug-likeness (QED) is 0.574. The number of aromatic nitrogens is 2. The Labute approximate surface area is 170 Å². The molecule has 0 atom stereocenters. The fraction of sp³-hybridized carbons (Fsp3) is 0.200. The molecule has 0 aliphatic heterocycles. The second-order valence-corrected chi connectivity index (χ2v) is 6.50. The highest BCUT2D eigenvalue weighted by Crippen LogP contribution is 2.27. The Morgan fingerprint density at radius 3 is 2.76 bits per heavy atom. The number of H-pyrrole nitrogens is 1. The molecule has 3 aromatic rings. The van der Waals surface area contributed by atoms with Crippen molar-refractivity contribution in [3.8, 4) is 5.75 Å². The highest BCUT2D eigenvalue weighted by atomic mass is 35.5. The van der Waals surface area contributed by atoms with Crippen LogP contribution in [0.2, 0.25) is 5.02 Å². The van der Waals surface area contributed by atoms with E-state index in [1.807, 2.05) is 0 Å². The Bertz CT molecular complexity index is 1110. The van der Waals surface area contributed by atoms with Crippen LogP contribution in [-0.4, -0.2) is 35.6 Å². The lowest BCUT2D eigenvalue weighted by atomic mass is 10.2. The van der Waals surface area contributed by atoms with Crippen LogP contribution in [0.25, 0.3) is 10.9 Å². The van der Waals surface area contributed by atoms with E-state index in [1.165, 1.54) is 13.2 Å². The first kappa shape index (κ1) is 20.3. The lowest BCUT2D eigenvalue weighted by Gasteiger charge is -2.09. The topological polar surface area (TPSA) is 110 Å². The lowest BCUT2D eigenvalue weighted by Crippen LogP contribution is -2.21. The molecular weight excluding hydrogens is 398 g/mol. The maximum atomic E-state index is 12.0. The zero-order chi connectivity index (χ0) is 20.8. The third-order valence-electron chi connectivity index (χ3n) is 4.03. The summed E-state index contributed by atoms with van der Waals surface area (Å²) in [7, 11) is 1.49. The number of nitrogens with zero attached hydrogens (tertiary/aromatic N) is 1. The first-order chi connectivity index (χ1) is 14.0. The Kier molecular flexibility index (Phi) is 6.46. The van der Waals surface area contributed by atoms with Gasteiger partial charge in [-0.2, -0.15) is 0 Å². The van der Waals surface area contributed by atoms with Crippen molar-refractivity contribution in [3.05, 3.63) is 63.7 Å². The molecule has 0 unspecified atom stereocenters. The molecular formula is C20H18ClN3O5. The number of rotatable bonds is 7. The smallest absolute Gasteiger partial charge is 0.306 e. The number of carbonyl (C=O) groups excluding carboxylic acids is 2. The molecule has 0 saturated carbocycles. The number of ether oxygens (including phenoxy) is 2. The van der Waals surface area contributed by atoms with Crippen molar-refractivity contribution in [2.45, 2.75) is 12.8 Å². The molecule has 0 spiro atoms. The average Bonchev–Trinajstić information content (AvgIpc) is 2.71. The predicted octanol–water partition coefficient (Wildman–Crippen LogP) is 2.70. The fourth-order valence-corrected chi connectivity index (χ4v) is 2.89. The fourth-order valence-electron chi connectivity index (χ4n) is 2.63. The second-order valence-electron chi connectivity index (χ2n) is 6.09. The van der Waals surface area contributed by atoms with Crippen molar-refractivity contribution in [2.24, 2.45) is 0 Å². The van der Waals surface area contributed by atoms with Gasteiger partial charge in [0.15, 0.2) is 6.61 Å². The number of fused-ring (bicyclic) bond motifs is 1. The molecule has 150 valence electrons. The first-order valence-electron chi connectivity index (χ1n) is 8.73. The van der Waals surface area contributed by atoms with Crippen LogP contribution in [0.4, 0.5) is 5.69 Å². The van der Waals surface area contributed by atoms with Crippen molar-refractivity contribution in [1.82, 2.24) is 9.97 Å². The second kappa shape index (κ2) is 9.20. The van der Waals surface area contributed by atoms with Gasteiger partial charge in [-0.1, -0.05) is 23.7 Å². The van der Waals surface area contributed by atoms with Crippen molar-refractivity contribution in [1.29, 1.82) is 0 Å². The minimum absolute atomic E-state index is 0.0249. The molecule has 0 radical (unpaired) electrons. The molecule has 0 aliphatic carbocycles.